The summed E-state index contributed by atoms with van der Waals surface area (Å²) in [7, 11) is 1.61. The number of benzene rings is 1. The van der Waals surface area contributed by atoms with E-state index < -0.39 is 0 Å². The van der Waals surface area contributed by atoms with Gasteiger partial charge in [0.05, 0.1) is 12.5 Å². The van der Waals surface area contributed by atoms with Gasteiger partial charge in [0, 0.05) is 15.4 Å². The molecule has 0 aliphatic rings. The second-order valence-electron chi connectivity index (χ2n) is 3.82. The SMILES string of the molecule is COc1ccc(Br)c2c(Cl)nc(-c3ccsc3)nc12. The van der Waals surface area contributed by atoms with Crippen LogP contribution in [-0.2, 0) is 0 Å². The van der Waals surface area contributed by atoms with Gasteiger partial charge < -0.3 is 4.74 Å². The minimum Gasteiger partial charge on any atom is -0.494 e. The normalized spacial score (nSPS) is 10.9. The highest BCUT2D eigenvalue weighted by atomic mass is 79.9. The van der Waals surface area contributed by atoms with Gasteiger partial charge in [-0.1, -0.05) is 11.6 Å². The standard InChI is InChI=1S/C13H8BrClN2OS/c1-18-9-3-2-8(14)10-11(9)16-13(17-12(10)15)7-4-5-19-6-7/h2-6H,1H3. The summed E-state index contributed by atoms with van der Waals surface area (Å²) in [5.41, 5.74) is 1.66. The van der Waals surface area contributed by atoms with E-state index in [4.69, 9.17) is 16.3 Å². The monoisotopic (exact) mass is 354 g/mol. The number of halogens is 2. The summed E-state index contributed by atoms with van der Waals surface area (Å²) < 4.78 is 6.19. The number of ether oxygens (including phenoxy) is 1. The predicted molar refractivity (Wildman–Crippen MR) is 82.1 cm³/mol. The maximum Gasteiger partial charge on any atom is 0.162 e. The molecule has 0 saturated heterocycles. The quantitative estimate of drug-likeness (QED) is 0.620. The molecule has 3 aromatic rings. The van der Waals surface area contributed by atoms with Gasteiger partial charge in [0.15, 0.2) is 5.82 Å². The Hall–Kier alpha value is -1.17. The molecular formula is C13H8BrClN2OS. The van der Waals surface area contributed by atoms with Crippen LogP contribution in [-0.4, -0.2) is 17.1 Å². The van der Waals surface area contributed by atoms with Crippen molar-refractivity contribution in [3.8, 4) is 17.1 Å². The highest BCUT2D eigenvalue weighted by Gasteiger charge is 2.14. The molecule has 0 saturated carbocycles. The highest BCUT2D eigenvalue weighted by Crippen LogP contribution is 2.35. The molecule has 6 heteroatoms. The summed E-state index contributed by atoms with van der Waals surface area (Å²) in [5.74, 6) is 1.29. The first kappa shape index (κ1) is 12.8. The van der Waals surface area contributed by atoms with Gasteiger partial charge in [0.1, 0.15) is 16.4 Å². The maximum absolute atomic E-state index is 6.28. The molecule has 2 heterocycles. The van der Waals surface area contributed by atoms with Crippen LogP contribution in [0.4, 0.5) is 0 Å². The Morgan fingerprint density at radius 2 is 2.11 bits per heavy atom. The molecule has 1 aromatic carbocycles. The van der Waals surface area contributed by atoms with E-state index in [0.29, 0.717) is 22.2 Å². The van der Waals surface area contributed by atoms with Crippen LogP contribution >= 0.6 is 38.9 Å². The fraction of sp³-hybridized carbons (Fsp3) is 0.0769. The molecule has 0 aliphatic carbocycles. The van der Waals surface area contributed by atoms with E-state index in [2.05, 4.69) is 25.9 Å². The Bertz CT molecular complexity index is 746. The Kier molecular flexibility index (Phi) is 3.43. The molecule has 3 rings (SSSR count). The van der Waals surface area contributed by atoms with Gasteiger partial charge in [-0.2, -0.15) is 11.3 Å². The predicted octanol–water partition coefficient (Wildman–Crippen LogP) is 4.78. The smallest absolute Gasteiger partial charge is 0.162 e. The Labute approximate surface area is 127 Å². The Balaban J connectivity index is 2.36. The first-order chi connectivity index (χ1) is 9.20. The van der Waals surface area contributed by atoms with Crippen LogP contribution < -0.4 is 4.74 Å². The molecule has 3 nitrogen and oxygen atoms in total. The molecule has 2 aromatic heterocycles. The minimum absolute atomic E-state index is 0.414. The highest BCUT2D eigenvalue weighted by molar-refractivity contribution is 9.10. The zero-order valence-corrected chi connectivity index (χ0v) is 13.0. The summed E-state index contributed by atoms with van der Waals surface area (Å²) in [6.45, 7) is 0. The number of hydrogen-bond acceptors (Lipinski definition) is 4. The number of nitrogens with zero attached hydrogens (tertiary/aromatic N) is 2. The summed E-state index contributed by atoms with van der Waals surface area (Å²) in [5, 5.41) is 5.15. The first-order valence-electron chi connectivity index (χ1n) is 5.43. The van der Waals surface area contributed by atoms with Crippen molar-refractivity contribution in [2.75, 3.05) is 7.11 Å². The minimum atomic E-state index is 0.414. The molecule has 0 bridgehead atoms. The fourth-order valence-electron chi connectivity index (χ4n) is 1.82. The lowest BCUT2D eigenvalue weighted by Gasteiger charge is -2.09. The number of aromatic nitrogens is 2. The van der Waals surface area contributed by atoms with Crippen molar-refractivity contribution in [1.82, 2.24) is 9.97 Å². The largest absolute Gasteiger partial charge is 0.494 e. The summed E-state index contributed by atoms with van der Waals surface area (Å²) in [6.07, 6.45) is 0. The molecule has 19 heavy (non-hydrogen) atoms. The Morgan fingerprint density at radius 1 is 1.26 bits per heavy atom. The van der Waals surface area contributed by atoms with Gasteiger partial charge in [-0.25, -0.2) is 9.97 Å². The van der Waals surface area contributed by atoms with Gasteiger partial charge in [0.2, 0.25) is 0 Å². The van der Waals surface area contributed by atoms with Crippen LogP contribution in [0.25, 0.3) is 22.3 Å². The van der Waals surface area contributed by atoms with Crippen LogP contribution in [0.1, 0.15) is 0 Å². The van der Waals surface area contributed by atoms with E-state index >= 15 is 0 Å². The van der Waals surface area contributed by atoms with Crippen LogP contribution in [0, 0.1) is 0 Å². The van der Waals surface area contributed by atoms with Crippen molar-refractivity contribution in [3.05, 3.63) is 38.6 Å². The van der Waals surface area contributed by atoms with Crippen molar-refractivity contribution in [2.45, 2.75) is 0 Å². The third-order valence-electron chi connectivity index (χ3n) is 2.72. The lowest BCUT2D eigenvalue weighted by atomic mass is 10.2. The van der Waals surface area contributed by atoms with Gasteiger partial charge >= 0.3 is 0 Å². The van der Waals surface area contributed by atoms with E-state index in [9.17, 15) is 0 Å². The van der Waals surface area contributed by atoms with Gasteiger partial charge in [-0.3, -0.25) is 0 Å². The molecule has 0 amide bonds. The van der Waals surface area contributed by atoms with Crippen molar-refractivity contribution in [2.24, 2.45) is 0 Å². The van der Waals surface area contributed by atoms with Crippen molar-refractivity contribution in [3.63, 3.8) is 0 Å². The second-order valence-corrected chi connectivity index (χ2v) is 5.82. The zero-order valence-electron chi connectivity index (χ0n) is 9.85. The van der Waals surface area contributed by atoms with Crippen LogP contribution in [0.3, 0.4) is 0 Å². The average Bonchev–Trinajstić information content (AvgIpc) is 2.92. The average molecular weight is 356 g/mol. The fourth-order valence-corrected chi connectivity index (χ4v) is 3.35. The molecule has 96 valence electrons. The van der Waals surface area contributed by atoms with Crippen molar-refractivity contribution < 1.29 is 4.74 Å². The Morgan fingerprint density at radius 3 is 2.79 bits per heavy atom. The third kappa shape index (κ3) is 2.22. The second kappa shape index (κ2) is 5.07. The number of hydrogen-bond donors (Lipinski definition) is 0. The lowest BCUT2D eigenvalue weighted by Crippen LogP contribution is -1.94. The lowest BCUT2D eigenvalue weighted by molar-refractivity contribution is 0.419. The first-order valence-corrected chi connectivity index (χ1v) is 7.54. The summed E-state index contributed by atoms with van der Waals surface area (Å²) in [4.78, 5) is 8.92. The molecule has 0 fully saturated rings. The van der Waals surface area contributed by atoms with E-state index in [1.54, 1.807) is 18.4 Å². The third-order valence-corrected chi connectivity index (χ3v) is 4.33. The van der Waals surface area contributed by atoms with Crippen LogP contribution in [0.5, 0.6) is 5.75 Å². The number of methoxy groups -OCH3 is 1. The van der Waals surface area contributed by atoms with E-state index in [1.165, 1.54) is 0 Å². The number of fused-ring (bicyclic) bond motifs is 1. The molecule has 0 N–H and O–H groups in total. The molecule has 0 spiro atoms. The topological polar surface area (TPSA) is 35.0 Å². The van der Waals surface area contributed by atoms with Gasteiger partial charge in [-0.15, -0.1) is 0 Å². The number of thiophene rings is 1. The molecule has 0 unspecified atom stereocenters. The van der Waals surface area contributed by atoms with Gasteiger partial charge in [-0.05, 0) is 39.5 Å². The van der Waals surface area contributed by atoms with Crippen LogP contribution in [0.15, 0.2) is 33.4 Å². The van der Waals surface area contributed by atoms with Crippen LogP contribution in [0.2, 0.25) is 5.15 Å². The van der Waals surface area contributed by atoms with E-state index in [-0.39, 0.29) is 0 Å². The van der Waals surface area contributed by atoms with Gasteiger partial charge in [0.25, 0.3) is 0 Å². The van der Waals surface area contributed by atoms with Crippen molar-refractivity contribution in [1.29, 1.82) is 0 Å². The molecular weight excluding hydrogens is 348 g/mol. The summed E-state index contributed by atoms with van der Waals surface area (Å²) in [6, 6.07) is 5.69. The molecule has 0 aliphatic heterocycles. The number of rotatable bonds is 2. The summed E-state index contributed by atoms with van der Waals surface area (Å²) >= 11 is 11.3. The van der Waals surface area contributed by atoms with Crippen molar-refractivity contribution >= 4 is 49.8 Å². The van der Waals surface area contributed by atoms with E-state index in [0.717, 1.165) is 15.4 Å². The maximum atomic E-state index is 6.28. The molecule has 0 atom stereocenters. The molecule has 0 radical (unpaired) electrons. The van der Waals surface area contributed by atoms with E-state index in [1.807, 2.05) is 29.0 Å². The zero-order chi connectivity index (χ0) is 13.4.